The molecule has 0 aromatic rings. The van der Waals surface area contributed by atoms with Gasteiger partial charge in [0.25, 0.3) is 0 Å². The van der Waals surface area contributed by atoms with Gasteiger partial charge in [-0.05, 0) is 6.26 Å². The summed E-state index contributed by atoms with van der Waals surface area (Å²) in [5.74, 6) is 0. The van der Waals surface area contributed by atoms with Crippen molar-refractivity contribution in [2.75, 3.05) is 6.26 Å². The summed E-state index contributed by atoms with van der Waals surface area (Å²) in [7, 11) is 0. The molecule has 0 aromatic heterocycles. The van der Waals surface area contributed by atoms with Crippen LogP contribution in [0.4, 0.5) is 4.79 Å². The summed E-state index contributed by atoms with van der Waals surface area (Å²) >= 11 is 3.53. The first-order valence-electron chi connectivity index (χ1n) is 1.23. The standard InChI is InChI=1S/CH4N2O.CH4S/c2-1(3)4;1-2/h(H4,2,3,4);2H,1H3. The highest BCUT2D eigenvalue weighted by molar-refractivity contribution is 7.79. The first-order valence-corrected chi connectivity index (χ1v) is 2.12. The molecular formula is C2H8N2OS. The number of carbonyl (C=O) groups is 1. The lowest BCUT2D eigenvalue weighted by atomic mass is 11.2. The summed E-state index contributed by atoms with van der Waals surface area (Å²) in [4.78, 5) is 9.00. The van der Waals surface area contributed by atoms with E-state index in [9.17, 15) is 0 Å². The Morgan fingerprint density at radius 2 is 1.50 bits per heavy atom. The second-order valence-corrected chi connectivity index (χ2v) is 0.402. The minimum atomic E-state index is -0.833. The molecule has 0 aliphatic heterocycles. The van der Waals surface area contributed by atoms with Crippen LogP contribution >= 0.6 is 12.6 Å². The van der Waals surface area contributed by atoms with Gasteiger partial charge in [0.1, 0.15) is 0 Å². The zero-order valence-electron chi connectivity index (χ0n) is 3.51. The Labute approximate surface area is 42.1 Å². The summed E-state index contributed by atoms with van der Waals surface area (Å²) in [6, 6.07) is -0.833. The van der Waals surface area contributed by atoms with Crippen LogP contribution in [0, 0.1) is 0 Å². The van der Waals surface area contributed by atoms with Crippen LogP contribution in [0.5, 0.6) is 0 Å². The summed E-state index contributed by atoms with van der Waals surface area (Å²) < 4.78 is 0. The molecule has 0 aliphatic rings. The molecule has 2 amide bonds. The van der Waals surface area contributed by atoms with E-state index in [2.05, 4.69) is 24.1 Å². The normalized spacial score (nSPS) is 5.00. The van der Waals surface area contributed by atoms with Gasteiger partial charge in [-0.1, -0.05) is 0 Å². The molecule has 0 rings (SSSR count). The smallest absolute Gasteiger partial charge is 0.309 e. The van der Waals surface area contributed by atoms with Gasteiger partial charge in [0.15, 0.2) is 0 Å². The SMILES string of the molecule is CS.NC(N)=O. The van der Waals surface area contributed by atoms with E-state index >= 15 is 0 Å². The molecule has 0 unspecified atom stereocenters. The Balaban J connectivity index is 0. The van der Waals surface area contributed by atoms with Gasteiger partial charge in [-0.2, -0.15) is 12.6 Å². The fourth-order valence-corrected chi connectivity index (χ4v) is 0. The summed E-state index contributed by atoms with van der Waals surface area (Å²) in [6.45, 7) is 0. The molecule has 4 heteroatoms. The van der Waals surface area contributed by atoms with E-state index in [-0.39, 0.29) is 0 Å². The predicted molar refractivity (Wildman–Crippen MR) is 28.7 cm³/mol. The van der Waals surface area contributed by atoms with E-state index < -0.39 is 6.03 Å². The van der Waals surface area contributed by atoms with Gasteiger partial charge in [0, 0.05) is 0 Å². The van der Waals surface area contributed by atoms with Crippen molar-refractivity contribution in [1.29, 1.82) is 0 Å². The fraction of sp³-hybridized carbons (Fsp3) is 0.500. The minimum absolute atomic E-state index is 0.833. The first-order chi connectivity index (χ1) is 2.73. The number of rotatable bonds is 0. The summed E-state index contributed by atoms with van der Waals surface area (Å²) in [6.07, 6.45) is 1.69. The number of urea groups is 1. The Kier molecular flexibility index (Phi) is 13.5. The number of amides is 2. The quantitative estimate of drug-likeness (QED) is 0.362. The summed E-state index contributed by atoms with van der Waals surface area (Å²) in [5, 5.41) is 0. The average Bonchev–Trinajstić information content (AvgIpc) is 1.41. The second kappa shape index (κ2) is 8.82. The molecule has 0 aromatic carbocycles. The van der Waals surface area contributed by atoms with Crippen molar-refractivity contribution in [2.45, 2.75) is 0 Å². The van der Waals surface area contributed by atoms with Crippen molar-refractivity contribution in [1.82, 2.24) is 0 Å². The molecule has 3 nitrogen and oxygen atoms in total. The van der Waals surface area contributed by atoms with E-state index in [1.807, 2.05) is 0 Å². The molecule has 0 saturated carbocycles. The van der Waals surface area contributed by atoms with Gasteiger partial charge in [-0.3, -0.25) is 0 Å². The van der Waals surface area contributed by atoms with Crippen molar-refractivity contribution in [3.05, 3.63) is 0 Å². The Morgan fingerprint density at radius 1 is 1.50 bits per heavy atom. The maximum atomic E-state index is 9.00. The zero-order chi connectivity index (χ0) is 5.58. The Hall–Kier alpha value is -0.380. The molecule has 6 heavy (non-hydrogen) atoms. The predicted octanol–water partition coefficient (Wildman–Crippen LogP) is -0.430. The third kappa shape index (κ3) is 172. The van der Waals surface area contributed by atoms with Crippen molar-refractivity contribution in [3.8, 4) is 0 Å². The van der Waals surface area contributed by atoms with Crippen LogP contribution in [-0.2, 0) is 0 Å². The van der Waals surface area contributed by atoms with Crippen LogP contribution < -0.4 is 11.5 Å². The van der Waals surface area contributed by atoms with Crippen LogP contribution in [0.1, 0.15) is 0 Å². The number of carbonyl (C=O) groups excluding carboxylic acids is 1. The van der Waals surface area contributed by atoms with E-state index in [1.54, 1.807) is 6.26 Å². The molecule has 0 heterocycles. The van der Waals surface area contributed by atoms with Crippen molar-refractivity contribution < 1.29 is 4.79 Å². The summed E-state index contributed by atoms with van der Waals surface area (Å²) in [5.41, 5.74) is 8.50. The van der Waals surface area contributed by atoms with Gasteiger partial charge >= 0.3 is 6.03 Å². The molecule has 0 fully saturated rings. The van der Waals surface area contributed by atoms with Crippen LogP contribution in [0.15, 0.2) is 0 Å². The second-order valence-electron chi connectivity index (χ2n) is 0.402. The molecule has 38 valence electrons. The molecule has 4 N–H and O–H groups in total. The van der Waals surface area contributed by atoms with Gasteiger partial charge in [-0.25, -0.2) is 4.79 Å². The average molecular weight is 108 g/mol. The minimum Gasteiger partial charge on any atom is -0.352 e. The third-order valence-corrected chi connectivity index (χ3v) is 0. The molecular weight excluding hydrogens is 100 g/mol. The van der Waals surface area contributed by atoms with Crippen molar-refractivity contribution in [2.24, 2.45) is 11.5 Å². The van der Waals surface area contributed by atoms with Gasteiger partial charge in [0.2, 0.25) is 0 Å². The monoisotopic (exact) mass is 108 g/mol. The molecule has 0 atom stereocenters. The van der Waals surface area contributed by atoms with Crippen LogP contribution in [0.3, 0.4) is 0 Å². The topological polar surface area (TPSA) is 69.1 Å². The van der Waals surface area contributed by atoms with Gasteiger partial charge in [0.05, 0.1) is 0 Å². The molecule has 0 bridgehead atoms. The van der Waals surface area contributed by atoms with E-state index in [0.29, 0.717) is 0 Å². The zero-order valence-corrected chi connectivity index (χ0v) is 4.40. The van der Waals surface area contributed by atoms with E-state index in [4.69, 9.17) is 4.79 Å². The van der Waals surface area contributed by atoms with E-state index in [0.717, 1.165) is 0 Å². The van der Waals surface area contributed by atoms with E-state index in [1.165, 1.54) is 0 Å². The third-order valence-electron chi connectivity index (χ3n) is 0. The van der Waals surface area contributed by atoms with Crippen LogP contribution in [-0.4, -0.2) is 12.3 Å². The highest BCUT2D eigenvalue weighted by Crippen LogP contribution is 1.31. The fourth-order valence-electron chi connectivity index (χ4n) is 0. The molecule has 0 aliphatic carbocycles. The number of hydrogen-bond acceptors (Lipinski definition) is 2. The highest BCUT2D eigenvalue weighted by Gasteiger charge is 1.60. The van der Waals surface area contributed by atoms with Crippen molar-refractivity contribution in [3.63, 3.8) is 0 Å². The van der Waals surface area contributed by atoms with Gasteiger partial charge < -0.3 is 11.5 Å². The van der Waals surface area contributed by atoms with Gasteiger partial charge in [-0.15, -0.1) is 0 Å². The lowest BCUT2D eigenvalue weighted by Gasteiger charge is -1.62. The molecule has 0 saturated heterocycles. The Bertz CT molecular complexity index is 34.5. The maximum Gasteiger partial charge on any atom is 0.309 e. The number of nitrogens with two attached hydrogens (primary N) is 2. The largest absolute Gasteiger partial charge is 0.352 e. The maximum absolute atomic E-state index is 9.00. The first kappa shape index (κ1) is 9.15. The molecule has 0 radical (unpaired) electrons. The van der Waals surface area contributed by atoms with Crippen LogP contribution in [0.25, 0.3) is 0 Å². The highest BCUT2D eigenvalue weighted by atomic mass is 32.1. The number of hydrogen-bond donors (Lipinski definition) is 3. The molecule has 0 spiro atoms. The van der Waals surface area contributed by atoms with Crippen LogP contribution in [0.2, 0.25) is 0 Å². The Morgan fingerprint density at radius 3 is 1.50 bits per heavy atom. The number of primary amides is 2. The number of thiol groups is 1. The lowest BCUT2D eigenvalue weighted by Crippen LogP contribution is -2.18. The van der Waals surface area contributed by atoms with Crippen molar-refractivity contribution >= 4 is 18.7 Å². The lowest BCUT2D eigenvalue weighted by molar-refractivity contribution is 0.256.